The van der Waals surface area contributed by atoms with Crippen molar-refractivity contribution in [3.8, 4) is 0 Å². The number of rotatable bonds is 6. The van der Waals surface area contributed by atoms with Crippen LogP contribution in [-0.4, -0.2) is 21.2 Å². The van der Waals surface area contributed by atoms with Crippen LogP contribution in [0.2, 0.25) is 0 Å². The van der Waals surface area contributed by atoms with Gasteiger partial charge in [0.05, 0.1) is 6.61 Å². The van der Waals surface area contributed by atoms with E-state index in [-0.39, 0.29) is 0 Å². The lowest BCUT2D eigenvalue weighted by Gasteiger charge is -2.16. The molecular weight excluding hydrogens is 260 g/mol. The first-order valence-electron chi connectivity index (χ1n) is 7.19. The van der Waals surface area contributed by atoms with Crippen LogP contribution in [0.4, 0.5) is 11.4 Å². The van der Waals surface area contributed by atoms with Crippen LogP contribution in [0.3, 0.4) is 0 Å². The molecule has 0 atom stereocenters. The van der Waals surface area contributed by atoms with Crippen molar-refractivity contribution in [1.29, 1.82) is 0 Å². The lowest BCUT2D eigenvalue weighted by Crippen LogP contribution is -2.09. The topological polar surface area (TPSA) is 24.5 Å². The first kappa shape index (κ1) is 15.4. The first-order chi connectivity index (χ1) is 10.1. The van der Waals surface area contributed by atoms with Crippen molar-refractivity contribution in [2.45, 2.75) is 20.1 Å². The highest BCUT2D eigenvalue weighted by atomic mass is 16.5. The summed E-state index contributed by atoms with van der Waals surface area (Å²) in [5.74, 6) is 0. The molecule has 3 heteroatoms. The number of nitrogens with zero attached hydrogens (tertiary/aromatic N) is 1. The Morgan fingerprint density at radius 1 is 1.05 bits per heavy atom. The van der Waals surface area contributed by atoms with Crippen LogP contribution >= 0.6 is 0 Å². The molecule has 0 aliphatic heterocycles. The second-order valence-electron chi connectivity index (χ2n) is 5.50. The van der Waals surface area contributed by atoms with Gasteiger partial charge < -0.3 is 15.0 Å². The van der Waals surface area contributed by atoms with Crippen LogP contribution in [0.25, 0.3) is 0 Å². The van der Waals surface area contributed by atoms with Crippen LogP contribution in [0, 0.1) is 6.92 Å². The third kappa shape index (κ3) is 4.23. The molecule has 3 nitrogen and oxygen atoms in total. The quantitative estimate of drug-likeness (QED) is 0.872. The average molecular weight is 284 g/mol. The zero-order chi connectivity index (χ0) is 15.2. The normalized spacial score (nSPS) is 10.5. The molecule has 0 saturated heterocycles. The minimum atomic E-state index is 0.657. The first-order valence-corrected chi connectivity index (χ1v) is 7.19. The van der Waals surface area contributed by atoms with E-state index >= 15 is 0 Å². The molecule has 112 valence electrons. The van der Waals surface area contributed by atoms with Gasteiger partial charge in [-0.1, -0.05) is 24.3 Å². The van der Waals surface area contributed by atoms with Crippen molar-refractivity contribution in [3.05, 3.63) is 59.2 Å². The third-order valence-corrected chi connectivity index (χ3v) is 3.51. The zero-order valence-electron chi connectivity index (χ0n) is 13.3. The summed E-state index contributed by atoms with van der Waals surface area (Å²) in [5, 5.41) is 3.51. The summed E-state index contributed by atoms with van der Waals surface area (Å²) in [7, 11) is 5.84. The Balaban J connectivity index is 2.04. The average Bonchev–Trinajstić information content (AvgIpc) is 2.46. The molecule has 21 heavy (non-hydrogen) atoms. The minimum absolute atomic E-state index is 0.657. The van der Waals surface area contributed by atoms with Crippen molar-refractivity contribution in [3.63, 3.8) is 0 Å². The summed E-state index contributed by atoms with van der Waals surface area (Å²) in [6.07, 6.45) is 0. The molecule has 0 amide bonds. The predicted molar refractivity (Wildman–Crippen MR) is 90.0 cm³/mol. The molecule has 0 saturated carbocycles. The smallest absolute Gasteiger partial charge is 0.0713 e. The molecule has 0 radical (unpaired) electrons. The lowest BCUT2D eigenvalue weighted by atomic mass is 10.1. The SMILES string of the molecule is COCc1cccc(CNc2ccc(N(C)C)cc2C)c1. The molecular formula is C18H24N2O. The largest absolute Gasteiger partial charge is 0.381 e. The summed E-state index contributed by atoms with van der Waals surface area (Å²) >= 11 is 0. The van der Waals surface area contributed by atoms with Gasteiger partial charge in [-0.2, -0.15) is 0 Å². The monoisotopic (exact) mass is 284 g/mol. The highest BCUT2D eigenvalue weighted by Gasteiger charge is 2.02. The second kappa shape index (κ2) is 7.14. The Hall–Kier alpha value is -2.00. The molecule has 0 aromatic heterocycles. The number of aryl methyl sites for hydroxylation is 1. The minimum Gasteiger partial charge on any atom is -0.381 e. The van der Waals surface area contributed by atoms with Crippen molar-refractivity contribution < 1.29 is 4.74 Å². The maximum absolute atomic E-state index is 5.18. The van der Waals surface area contributed by atoms with Crippen LogP contribution in [-0.2, 0) is 17.9 Å². The van der Waals surface area contributed by atoms with Gasteiger partial charge in [-0.05, 0) is 41.8 Å². The summed E-state index contributed by atoms with van der Waals surface area (Å²) < 4.78 is 5.18. The Morgan fingerprint density at radius 2 is 1.81 bits per heavy atom. The maximum Gasteiger partial charge on any atom is 0.0713 e. The predicted octanol–water partition coefficient (Wildman–Crippen LogP) is 3.82. The second-order valence-corrected chi connectivity index (χ2v) is 5.50. The van der Waals surface area contributed by atoms with E-state index in [4.69, 9.17) is 4.74 Å². The lowest BCUT2D eigenvalue weighted by molar-refractivity contribution is 0.185. The van der Waals surface area contributed by atoms with Crippen molar-refractivity contribution in [1.82, 2.24) is 0 Å². The van der Waals surface area contributed by atoms with Crippen LogP contribution in [0.1, 0.15) is 16.7 Å². The van der Waals surface area contributed by atoms with Gasteiger partial charge in [-0.15, -0.1) is 0 Å². The Labute approximate surface area is 127 Å². The molecule has 1 N–H and O–H groups in total. The van der Waals surface area contributed by atoms with E-state index in [2.05, 4.69) is 73.7 Å². The van der Waals surface area contributed by atoms with Gasteiger partial charge in [0.15, 0.2) is 0 Å². The molecule has 0 unspecified atom stereocenters. The molecule has 2 aromatic rings. The van der Waals surface area contributed by atoms with Gasteiger partial charge >= 0.3 is 0 Å². The van der Waals surface area contributed by atoms with Gasteiger partial charge in [0.1, 0.15) is 0 Å². The molecule has 0 aliphatic rings. The highest BCUT2D eigenvalue weighted by molar-refractivity contribution is 5.59. The number of hydrogen-bond donors (Lipinski definition) is 1. The van der Waals surface area contributed by atoms with Crippen molar-refractivity contribution in [2.24, 2.45) is 0 Å². The molecule has 2 aromatic carbocycles. The Kier molecular flexibility index (Phi) is 5.23. The standard InChI is InChI=1S/C18H24N2O/c1-14-10-17(20(2)3)8-9-18(14)19-12-15-6-5-7-16(11-15)13-21-4/h5-11,19H,12-13H2,1-4H3. The van der Waals surface area contributed by atoms with E-state index < -0.39 is 0 Å². The van der Waals surface area contributed by atoms with Crippen molar-refractivity contribution >= 4 is 11.4 Å². The number of ether oxygens (including phenoxy) is 1. The van der Waals surface area contributed by atoms with E-state index in [9.17, 15) is 0 Å². The van der Waals surface area contributed by atoms with Gasteiger partial charge in [0.2, 0.25) is 0 Å². The maximum atomic E-state index is 5.18. The molecule has 2 rings (SSSR count). The molecule has 0 fully saturated rings. The number of hydrogen-bond acceptors (Lipinski definition) is 3. The van der Waals surface area contributed by atoms with E-state index in [1.165, 1.54) is 28.1 Å². The molecule has 0 aliphatic carbocycles. The van der Waals surface area contributed by atoms with E-state index in [1.54, 1.807) is 7.11 Å². The summed E-state index contributed by atoms with van der Waals surface area (Å²) in [4.78, 5) is 2.12. The van der Waals surface area contributed by atoms with E-state index in [1.807, 2.05) is 0 Å². The molecule has 0 spiro atoms. The van der Waals surface area contributed by atoms with Crippen LogP contribution < -0.4 is 10.2 Å². The number of benzene rings is 2. The summed E-state index contributed by atoms with van der Waals surface area (Å²) in [5.41, 5.74) is 6.13. The van der Waals surface area contributed by atoms with Gasteiger partial charge in [-0.25, -0.2) is 0 Å². The van der Waals surface area contributed by atoms with E-state index in [0.29, 0.717) is 6.61 Å². The van der Waals surface area contributed by atoms with Gasteiger partial charge in [0.25, 0.3) is 0 Å². The number of nitrogens with one attached hydrogen (secondary N) is 1. The summed E-state index contributed by atoms with van der Waals surface area (Å²) in [6.45, 7) is 3.61. The van der Waals surface area contributed by atoms with Crippen molar-refractivity contribution in [2.75, 3.05) is 31.4 Å². The summed E-state index contributed by atoms with van der Waals surface area (Å²) in [6, 6.07) is 15.0. The zero-order valence-corrected chi connectivity index (χ0v) is 13.3. The van der Waals surface area contributed by atoms with Gasteiger partial charge in [-0.3, -0.25) is 0 Å². The fourth-order valence-corrected chi connectivity index (χ4v) is 2.32. The highest BCUT2D eigenvalue weighted by Crippen LogP contribution is 2.22. The number of methoxy groups -OCH3 is 1. The van der Waals surface area contributed by atoms with Crippen LogP contribution in [0.5, 0.6) is 0 Å². The van der Waals surface area contributed by atoms with E-state index in [0.717, 1.165) is 6.54 Å². The van der Waals surface area contributed by atoms with Crippen LogP contribution in [0.15, 0.2) is 42.5 Å². The molecule has 0 bridgehead atoms. The molecule has 0 heterocycles. The fourth-order valence-electron chi connectivity index (χ4n) is 2.32. The fraction of sp³-hybridized carbons (Fsp3) is 0.333. The Morgan fingerprint density at radius 3 is 2.48 bits per heavy atom. The number of anilines is 2. The third-order valence-electron chi connectivity index (χ3n) is 3.51. The van der Waals surface area contributed by atoms with Gasteiger partial charge in [0, 0.05) is 39.1 Å². The Bertz CT molecular complexity index is 594.